The SMILES string of the molecule is CCOC(=N)CI. The molecule has 0 rings (SSSR count). The van der Waals surface area contributed by atoms with Gasteiger partial charge in [-0.05, 0) is 6.92 Å². The Labute approximate surface area is 56.9 Å². The van der Waals surface area contributed by atoms with Crippen LogP contribution in [0.15, 0.2) is 0 Å². The Kier molecular flexibility index (Phi) is 4.49. The van der Waals surface area contributed by atoms with Crippen LogP contribution in [0.1, 0.15) is 6.92 Å². The number of rotatable bonds is 2. The number of nitrogens with one attached hydrogen (secondary N) is 1. The first kappa shape index (κ1) is 7.20. The number of hydrogen-bond acceptors (Lipinski definition) is 2. The lowest BCUT2D eigenvalue weighted by molar-refractivity contribution is 0.323. The Bertz CT molecular complexity index is 64.7. The van der Waals surface area contributed by atoms with Gasteiger partial charge in [0, 0.05) is 0 Å². The lowest BCUT2D eigenvalue weighted by Gasteiger charge is -1.96. The molecule has 0 saturated carbocycles. The van der Waals surface area contributed by atoms with Crippen LogP contribution in [0, 0.1) is 5.41 Å². The van der Waals surface area contributed by atoms with E-state index in [9.17, 15) is 0 Å². The zero-order valence-electron chi connectivity index (χ0n) is 4.20. The van der Waals surface area contributed by atoms with Gasteiger partial charge in [-0.3, -0.25) is 5.41 Å². The maximum absolute atomic E-state index is 6.91. The first-order valence-electron chi connectivity index (χ1n) is 2.07. The summed E-state index contributed by atoms with van der Waals surface area (Å²) in [6.45, 7) is 2.49. The van der Waals surface area contributed by atoms with E-state index in [1.807, 2.05) is 6.92 Å². The Balaban J connectivity index is 3.00. The molecule has 0 bridgehead atoms. The van der Waals surface area contributed by atoms with Crippen molar-refractivity contribution in [3.05, 3.63) is 0 Å². The van der Waals surface area contributed by atoms with Crippen molar-refractivity contribution in [2.45, 2.75) is 6.92 Å². The number of ether oxygens (including phenoxy) is 1. The molecule has 0 saturated heterocycles. The summed E-state index contributed by atoms with van der Waals surface area (Å²) >= 11 is 2.09. The fraction of sp³-hybridized carbons (Fsp3) is 0.750. The molecule has 0 amide bonds. The largest absolute Gasteiger partial charge is 0.481 e. The van der Waals surface area contributed by atoms with Crippen LogP contribution in [0.2, 0.25) is 0 Å². The molecule has 1 N–H and O–H groups in total. The first-order valence-corrected chi connectivity index (χ1v) is 3.60. The molecule has 0 aliphatic rings. The van der Waals surface area contributed by atoms with Crippen LogP contribution in [-0.4, -0.2) is 16.9 Å². The molecular formula is C4H8INO. The first-order chi connectivity index (χ1) is 3.31. The van der Waals surface area contributed by atoms with Gasteiger partial charge in [-0.1, -0.05) is 22.6 Å². The highest BCUT2D eigenvalue weighted by molar-refractivity contribution is 14.1. The Hall–Kier alpha value is 0.200. The van der Waals surface area contributed by atoms with Crippen molar-refractivity contribution in [2.24, 2.45) is 0 Å². The van der Waals surface area contributed by atoms with Crippen molar-refractivity contribution in [3.63, 3.8) is 0 Å². The van der Waals surface area contributed by atoms with Gasteiger partial charge in [0.2, 0.25) is 0 Å². The number of hydrogen-bond donors (Lipinski definition) is 1. The molecule has 0 aliphatic heterocycles. The Morgan fingerprint density at radius 2 is 2.43 bits per heavy atom. The van der Waals surface area contributed by atoms with Crippen molar-refractivity contribution in [3.8, 4) is 0 Å². The van der Waals surface area contributed by atoms with Gasteiger partial charge in [-0.25, -0.2) is 0 Å². The second-order valence-electron chi connectivity index (χ2n) is 0.990. The van der Waals surface area contributed by atoms with Crippen LogP contribution >= 0.6 is 22.6 Å². The number of alkyl halides is 1. The molecule has 0 unspecified atom stereocenters. The van der Waals surface area contributed by atoms with Gasteiger partial charge < -0.3 is 4.74 Å². The highest BCUT2D eigenvalue weighted by atomic mass is 127. The molecule has 0 radical (unpaired) electrons. The van der Waals surface area contributed by atoms with E-state index in [1.165, 1.54) is 0 Å². The second kappa shape index (κ2) is 4.36. The fourth-order valence-electron chi connectivity index (χ4n) is 0.213. The van der Waals surface area contributed by atoms with Crippen LogP contribution in [0.3, 0.4) is 0 Å². The molecule has 42 valence electrons. The zero-order valence-corrected chi connectivity index (χ0v) is 6.36. The van der Waals surface area contributed by atoms with Crippen molar-refractivity contribution < 1.29 is 4.74 Å². The third-order valence-electron chi connectivity index (χ3n) is 0.440. The predicted octanol–water partition coefficient (Wildman–Crippen LogP) is 1.44. The van der Waals surface area contributed by atoms with Crippen molar-refractivity contribution in [1.82, 2.24) is 0 Å². The van der Waals surface area contributed by atoms with E-state index in [0.717, 1.165) is 0 Å². The van der Waals surface area contributed by atoms with Crippen LogP contribution in [-0.2, 0) is 4.74 Å². The molecular weight excluding hydrogens is 205 g/mol. The van der Waals surface area contributed by atoms with Gasteiger partial charge >= 0.3 is 0 Å². The predicted molar refractivity (Wildman–Crippen MR) is 38.2 cm³/mol. The number of halogens is 1. The molecule has 0 atom stereocenters. The summed E-state index contributed by atoms with van der Waals surface area (Å²) in [6, 6.07) is 0. The minimum absolute atomic E-state index is 0.364. The third-order valence-corrected chi connectivity index (χ3v) is 1.13. The minimum atomic E-state index is 0.364. The molecule has 2 nitrogen and oxygen atoms in total. The van der Waals surface area contributed by atoms with E-state index >= 15 is 0 Å². The Morgan fingerprint density at radius 1 is 1.86 bits per heavy atom. The van der Waals surface area contributed by atoms with Crippen LogP contribution in [0.4, 0.5) is 0 Å². The molecule has 3 heteroatoms. The summed E-state index contributed by atoms with van der Waals surface area (Å²) in [7, 11) is 0. The van der Waals surface area contributed by atoms with Crippen LogP contribution < -0.4 is 0 Å². The van der Waals surface area contributed by atoms with E-state index in [1.54, 1.807) is 0 Å². The molecule has 0 aromatic heterocycles. The van der Waals surface area contributed by atoms with E-state index < -0.39 is 0 Å². The summed E-state index contributed by atoms with van der Waals surface area (Å²) in [5, 5.41) is 6.91. The van der Waals surface area contributed by atoms with Gasteiger partial charge in [0.15, 0.2) is 5.90 Å². The molecule has 0 heterocycles. The molecule has 0 aliphatic carbocycles. The molecule has 0 aromatic carbocycles. The van der Waals surface area contributed by atoms with E-state index in [-0.39, 0.29) is 0 Å². The van der Waals surface area contributed by atoms with Gasteiger partial charge in [0.25, 0.3) is 0 Å². The summed E-state index contributed by atoms with van der Waals surface area (Å²) in [4.78, 5) is 0. The smallest absolute Gasteiger partial charge is 0.190 e. The quantitative estimate of drug-likeness (QED) is 0.320. The minimum Gasteiger partial charge on any atom is -0.481 e. The van der Waals surface area contributed by atoms with E-state index in [4.69, 9.17) is 10.1 Å². The third kappa shape index (κ3) is 4.04. The van der Waals surface area contributed by atoms with Crippen LogP contribution in [0.25, 0.3) is 0 Å². The summed E-state index contributed by atoms with van der Waals surface area (Å²) < 4.78 is 5.44. The molecule has 0 spiro atoms. The van der Waals surface area contributed by atoms with Gasteiger partial charge in [0.05, 0.1) is 11.0 Å². The lowest BCUT2D eigenvalue weighted by Crippen LogP contribution is -2.02. The standard InChI is InChI=1S/C4H8INO/c1-2-7-4(6)3-5/h6H,2-3H2,1H3. The molecule has 7 heavy (non-hydrogen) atoms. The van der Waals surface area contributed by atoms with E-state index in [0.29, 0.717) is 16.9 Å². The summed E-state index contributed by atoms with van der Waals surface area (Å²) in [6.07, 6.45) is 0. The van der Waals surface area contributed by atoms with Crippen molar-refractivity contribution in [1.29, 1.82) is 5.41 Å². The monoisotopic (exact) mass is 213 g/mol. The topological polar surface area (TPSA) is 33.1 Å². The van der Waals surface area contributed by atoms with Crippen molar-refractivity contribution in [2.75, 3.05) is 11.0 Å². The lowest BCUT2D eigenvalue weighted by atomic mass is 10.7. The Morgan fingerprint density at radius 3 is 2.57 bits per heavy atom. The van der Waals surface area contributed by atoms with Crippen molar-refractivity contribution >= 4 is 28.5 Å². The fourth-order valence-corrected chi connectivity index (χ4v) is 0.433. The highest BCUT2D eigenvalue weighted by Gasteiger charge is 1.86. The van der Waals surface area contributed by atoms with Crippen LogP contribution in [0.5, 0.6) is 0 Å². The summed E-state index contributed by atoms with van der Waals surface area (Å²) in [5.74, 6) is 0.364. The van der Waals surface area contributed by atoms with Gasteiger partial charge in [-0.2, -0.15) is 0 Å². The average Bonchev–Trinajstić information content (AvgIpc) is 1.68. The maximum Gasteiger partial charge on any atom is 0.190 e. The zero-order chi connectivity index (χ0) is 5.70. The van der Waals surface area contributed by atoms with Gasteiger partial charge in [-0.15, -0.1) is 0 Å². The highest BCUT2D eigenvalue weighted by Crippen LogP contribution is 1.84. The normalized spacial score (nSPS) is 8.29. The van der Waals surface area contributed by atoms with E-state index in [2.05, 4.69) is 22.6 Å². The summed E-state index contributed by atoms with van der Waals surface area (Å²) in [5.41, 5.74) is 0. The average molecular weight is 213 g/mol. The molecule has 0 fully saturated rings. The van der Waals surface area contributed by atoms with Gasteiger partial charge in [0.1, 0.15) is 0 Å². The second-order valence-corrected chi connectivity index (χ2v) is 1.75. The molecule has 0 aromatic rings. The maximum atomic E-state index is 6.91.